The van der Waals surface area contributed by atoms with Crippen LogP contribution in [0.25, 0.3) is 0 Å². The maximum Gasteiger partial charge on any atom is 0.232 e. The number of hydrogen-bond acceptors (Lipinski definition) is 9. The third-order valence-electron chi connectivity index (χ3n) is 14.0. The van der Waals surface area contributed by atoms with Crippen LogP contribution < -0.4 is 10.1 Å². The van der Waals surface area contributed by atoms with Gasteiger partial charge in [-0.15, -0.1) is 0 Å². The van der Waals surface area contributed by atoms with Crippen LogP contribution in [-0.4, -0.2) is 74.7 Å². The molecule has 50 heavy (non-hydrogen) atoms. The smallest absolute Gasteiger partial charge is 0.232 e. The van der Waals surface area contributed by atoms with Crippen LogP contribution in [0.5, 0.6) is 11.5 Å². The molecule has 0 bridgehead atoms. The van der Waals surface area contributed by atoms with E-state index in [0.29, 0.717) is 18.6 Å². The average molecular weight is 692 g/mol. The van der Waals surface area contributed by atoms with Crippen LogP contribution in [-0.2, 0) is 38.0 Å². The average Bonchev–Trinajstić information content (AvgIpc) is 3.08. The molecule has 272 valence electrons. The molecule has 0 spiro atoms. The predicted octanol–water partition coefficient (Wildman–Crippen LogP) is 3.93. The molecular formula is C40H53NO9. The second-order valence-corrected chi connectivity index (χ2v) is 16.8. The summed E-state index contributed by atoms with van der Waals surface area (Å²) in [6.45, 7) is 7.93. The Labute approximate surface area is 294 Å². The van der Waals surface area contributed by atoms with Gasteiger partial charge in [0.2, 0.25) is 18.1 Å². The van der Waals surface area contributed by atoms with Gasteiger partial charge in [-0.3, -0.25) is 14.9 Å². The summed E-state index contributed by atoms with van der Waals surface area (Å²) in [6.07, 6.45) is 1.18. The van der Waals surface area contributed by atoms with Crippen molar-refractivity contribution in [2.75, 3.05) is 6.61 Å². The van der Waals surface area contributed by atoms with Crippen molar-refractivity contribution in [1.29, 1.82) is 0 Å². The van der Waals surface area contributed by atoms with Gasteiger partial charge in [0.15, 0.2) is 0 Å². The first-order chi connectivity index (χ1) is 23.7. The lowest BCUT2D eigenvalue weighted by Crippen LogP contribution is -2.60. The second-order valence-electron chi connectivity index (χ2n) is 16.8. The maximum absolute atomic E-state index is 14.5. The number of nitrogens with one attached hydrogen (secondary N) is 1. The molecule has 11 atom stereocenters. The number of ether oxygens (including phenoxy) is 2. The van der Waals surface area contributed by atoms with Crippen LogP contribution in [0.3, 0.4) is 0 Å². The fraction of sp³-hybridized carbons (Fsp3) is 0.650. The topological polar surface area (TPSA) is 166 Å². The minimum atomic E-state index is -1.54. The SMILES string of the molecule is CC1(C(=O)NC(=O)[C@@]2(C)CCC[C@]3(C)c4cc(O[C@@H]5O[C@H](CO)[C@@H](O)[C@H](O)[C@H]5O)ccc4CC[C@@H]23)CCCC2(C)c3cc(O)ccc3CCC12. The number of carbonyl (C=O) groups is 2. The number of imide groups is 1. The van der Waals surface area contributed by atoms with Crippen LogP contribution in [0.2, 0.25) is 0 Å². The number of aliphatic hydroxyl groups is 4. The molecule has 2 aromatic rings. The van der Waals surface area contributed by atoms with Gasteiger partial charge in [-0.25, -0.2) is 0 Å². The number of aromatic hydroxyl groups is 1. The number of fused-ring (bicyclic) bond motifs is 6. The Morgan fingerprint density at radius 1 is 0.780 bits per heavy atom. The molecule has 2 aromatic carbocycles. The van der Waals surface area contributed by atoms with Crippen molar-refractivity contribution >= 4 is 11.8 Å². The highest BCUT2D eigenvalue weighted by Crippen LogP contribution is 2.60. The van der Waals surface area contributed by atoms with Gasteiger partial charge in [-0.1, -0.05) is 52.7 Å². The van der Waals surface area contributed by atoms with E-state index in [-0.39, 0.29) is 34.8 Å². The summed E-state index contributed by atoms with van der Waals surface area (Å²) in [4.78, 5) is 28.9. The van der Waals surface area contributed by atoms with Crippen molar-refractivity contribution in [3.8, 4) is 11.5 Å². The normalized spacial score (nSPS) is 40.8. The van der Waals surface area contributed by atoms with E-state index in [1.807, 2.05) is 38.1 Å². The molecule has 1 saturated heterocycles. The quantitative estimate of drug-likeness (QED) is 0.255. The Morgan fingerprint density at radius 3 is 1.88 bits per heavy atom. The van der Waals surface area contributed by atoms with Crippen molar-refractivity contribution in [2.45, 2.75) is 133 Å². The van der Waals surface area contributed by atoms with Crippen LogP contribution in [0.15, 0.2) is 36.4 Å². The third-order valence-corrected chi connectivity index (χ3v) is 14.0. The maximum atomic E-state index is 14.5. The lowest BCUT2D eigenvalue weighted by atomic mass is 9.49. The Hall–Kier alpha value is -3.02. The standard InChI is InChI=1S/C40H53NO9/c1-37-15-5-17-39(3,29(37)13-9-22-7-11-24(43)19-26(22)37)35(47)41-36(48)40(4)18-6-16-38(2)27-20-25(12-8-23(27)10-14-30(38)40)49-34-33(46)32(45)31(44)28(21-42)50-34/h7-8,11-12,19-20,28-34,42-46H,5-6,9-10,13-18,21H2,1-4H3,(H,41,47,48)/t28-,29?,30-,31-,32+,33-,34-,37?,38-,39?,40+/m1/s1. The van der Waals surface area contributed by atoms with Crippen LogP contribution in [0, 0.1) is 22.7 Å². The van der Waals surface area contributed by atoms with E-state index >= 15 is 0 Å². The van der Waals surface area contributed by atoms with Gasteiger partial charge in [-0.05, 0) is 121 Å². The summed E-state index contributed by atoms with van der Waals surface area (Å²) < 4.78 is 11.6. The van der Waals surface area contributed by atoms with E-state index in [9.17, 15) is 35.1 Å². The van der Waals surface area contributed by atoms with Crippen molar-refractivity contribution in [1.82, 2.24) is 5.32 Å². The Bertz CT molecular complexity index is 1660. The van der Waals surface area contributed by atoms with E-state index in [1.54, 1.807) is 12.1 Å². The zero-order chi connectivity index (χ0) is 35.8. The monoisotopic (exact) mass is 691 g/mol. The number of carbonyl (C=O) groups excluding carboxylic acids is 2. The predicted molar refractivity (Wildman–Crippen MR) is 184 cm³/mol. The lowest BCUT2D eigenvalue weighted by molar-refractivity contribution is -0.277. The molecule has 5 aliphatic rings. The van der Waals surface area contributed by atoms with Crippen molar-refractivity contribution in [2.24, 2.45) is 22.7 Å². The number of rotatable bonds is 5. The highest BCUT2D eigenvalue weighted by molar-refractivity contribution is 6.00. The van der Waals surface area contributed by atoms with Gasteiger partial charge in [-0.2, -0.15) is 0 Å². The number of hydrogen-bond donors (Lipinski definition) is 6. The molecule has 3 unspecified atom stereocenters. The highest BCUT2D eigenvalue weighted by Gasteiger charge is 2.58. The Kier molecular flexibility index (Phi) is 8.91. The summed E-state index contributed by atoms with van der Waals surface area (Å²) in [5.41, 5.74) is 2.40. The molecule has 2 saturated carbocycles. The minimum absolute atomic E-state index is 0.0407. The second kappa shape index (κ2) is 12.6. The summed E-state index contributed by atoms with van der Waals surface area (Å²) in [5, 5.41) is 54.0. The first-order valence-electron chi connectivity index (χ1n) is 18.4. The first kappa shape index (κ1) is 35.4. The molecule has 4 aliphatic carbocycles. The molecule has 2 amide bonds. The number of phenols is 1. The van der Waals surface area contributed by atoms with Gasteiger partial charge < -0.3 is 35.0 Å². The molecule has 6 N–H and O–H groups in total. The first-order valence-corrected chi connectivity index (χ1v) is 18.4. The fourth-order valence-corrected chi connectivity index (χ4v) is 11.2. The van der Waals surface area contributed by atoms with Gasteiger partial charge in [0.1, 0.15) is 35.9 Å². The van der Waals surface area contributed by atoms with Gasteiger partial charge in [0.05, 0.1) is 17.4 Å². The van der Waals surface area contributed by atoms with E-state index in [2.05, 4.69) is 19.2 Å². The number of aliphatic hydroxyl groups excluding tert-OH is 4. The fourth-order valence-electron chi connectivity index (χ4n) is 11.2. The molecule has 3 fully saturated rings. The molecule has 0 radical (unpaired) electrons. The van der Waals surface area contributed by atoms with E-state index in [4.69, 9.17) is 9.47 Å². The third kappa shape index (κ3) is 5.40. The highest BCUT2D eigenvalue weighted by atomic mass is 16.7. The van der Waals surface area contributed by atoms with Gasteiger partial charge in [0, 0.05) is 0 Å². The van der Waals surface area contributed by atoms with Gasteiger partial charge >= 0.3 is 0 Å². The summed E-state index contributed by atoms with van der Waals surface area (Å²) in [6, 6.07) is 11.3. The number of phenolic OH excluding ortho intramolecular Hbond substituents is 1. The van der Waals surface area contributed by atoms with E-state index in [1.165, 1.54) is 5.56 Å². The Balaban J connectivity index is 1.12. The van der Waals surface area contributed by atoms with E-state index in [0.717, 1.165) is 68.1 Å². The molecule has 7 rings (SSSR count). The zero-order valence-corrected chi connectivity index (χ0v) is 29.7. The van der Waals surface area contributed by atoms with Crippen LogP contribution in [0.1, 0.15) is 101 Å². The summed E-state index contributed by atoms with van der Waals surface area (Å²) in [7, 11) is 0. The summed E-state index contributed by atoms with van der Waals surface area (Å²) >= 11 is 0. The zero-order valence-electron chi connectivity index (χ0n) is 29.7. The minimum Gasteiger partial charge on any atom is -0.508 e. The summed E-state index contributed by atoms with van der Waals surface area (Å²) in [5.74, 6) is 0.254. The van der Waals surface area contributed by atoms with Crippen LogP contribution in [0.4, 0.5) is 0 Å². The van der Waals surface area contributed by atoms with Crippen molar-refractivity contribution in [3.05, 3.63) is 58.7 Å². The van der Waals surface area contributed by atoms with Crippen molar-refractivity contribution < 1.29 is 44.6 Å². The molecular weight excluding hydrogens is 638 g/mol. The number of aryl methyl sites for hydroxylation is 2. The molecule has 1 aliphatic heterocycles. The number of amides is 2. The Morgan fingerprint density at radius 2 is 1.32 bits per heavy atom. The van der Waals surface area contributed by atoms with E-state index < -0.39 is 53.6 Å². The molecule has 10 nitrogen and oxygen atoms in total. The van der Waals surface area contributed by atoms with Gasteiger partial charge in [0.25, 0.3) is 0 Å². The lowest BCUT2D eigenvalue weighted by Gasteiger charge is -2.56. The van der Waals surface area contributed by atoms with Crippen molar-refractivity contribution in [3.63, 3.8) is 0 Å². The van der Waals surface area contributed by atoms with Crippen LogP contribution >= 0.6 is 0 Å². The molecule has 10 heteroatoms. The molecule has 1 heterocycles. The number of benzene rings is 2. The molecule has 0 aromatic heterocycles. The largest absolute Gasteiger partial charge is 0.508 e.